The lowest BCUT2D eigenvalue weighted by Gasteiger charge is -2.14. The van der Waals surface area contributed by atoms with Gasteiger partial charge < -0.3 is 10.7 Å². The van der Waals surface area contributed by atoms with E-state index in [-0.39, 0.29) is 4.90 Å². The molecule has 0 radical (unpaired) electrons. The van der Waals surface area contributed by atoms with Gasteiger partial charge in [-0.05, 0) is 31.0 Å². The number of aryl methyl sites for hydroxylation is 1. The van der Waals surface area contributed by atoms with Crippen molar-refractivity contribution < 1.29 is 8.42 Å². The summed E-state index contributed by atoms with van der Waals surface area (Å²) in [6, 6.07) is 4.66. The molecule has 0 aliphatic rings. The van der Waals surface area contributed by atoms with Crippen LogP contribution in [-0.2, 0) is 16.6 Å². The Morgan fingerprint density at radius 3 is 2.75 bits per heavy atom. The van der Waals surface area contributed by atoms with Crippen molar-refractivity contribution in [1.82, 2.24) is 14.7 Å². The highest BCUT2D eigenvalue weighted by atomic mass is 32.2. The molecule has 0 bridgehead atoms. The zero-order chi connectivity index (χ0) is 14.8. The Labute approximate surface area is 118 Å². The Morgan fingerprint density at radius 2 is 2.20 bits per heavy atom. The van der Waals surface area contributed by atoms with E-state index in [1.807, 2.05) is 0 Å². The largest absolute Gasteiger partial charge is 0.347 e. The van der Waals surface area contributed by atoms with Crippen molar-refractivity contribution in [2.24, 2.45) is 5.73 Å². The summed E-state index contributed by atoms with van der Waals surface area (Å²) in [6.07, 6.45) is 3.24. The second-order valence-corrected chi connectivity index (χ2v) is 6.30. The van der Waals surface area contributed by atoms with Gasteiger partial charge in [-0.3, -0.25) is 0 Å². The molecular weight excluding hydrogens is 276 g/mol. The zero-order valence-corrected chi connectivity index (χ0v) is 12.2. The van der Waals surface area contributed by atoms with Crippen molar-refractivity contribution in [3.8, 4) is 0 Å². The van der Waals surface area contributed by atoms with Crippen LogP contribution in [0.15, 0.2) is 35.5 Å². The standard InChI is InChI=1S/C13H18N4O2S/c1-9-7-11(8-14)3-4-12(9)20(18,19)17-10(2)13-15-5-6-16-13/h3-7,10,17H,8,14H2,1-2H3,(H,15,16). The number of imidazole rings is 1. The first-order valence-corrected chi connectivity index (χ1v) is 7.73. The van der Waals surface area contributed by atoms with Gasteiger partial charge in [-0.1, -0.05) is 12.1 Å². The number of nitrogens with two attached hydrogens (primary N) is 1. The van der Waals surface area contributed by atoms with Gasteiger partial charge in [-0.2, -0.15) is 0 Å². The minimum Gasteiger partial charge on any atom is -0.347 e. The third kappa shape index (κ3) is 3.06. The number of aromatic nitrogens is 2. The number of nitrogens with zero attached hydrogens (tertiary/aromatic N) is 1. The summed E-state index contributed by atoms with van der Waals surface area (Å²) in [5.74, 6) is 0.574. The first kappa shape index (κ1) is 14.7. The number of aromatic amines is 1. The highest BCUT2D eigenvalue weighted by Gasteiger charge is 2.21. The highest BCUT2D eigenvalue weighted by molar-refractivity contribution is 7.89. The molecule has 0 amide bonds. The maximum Gasteiger partial charge on any atom is 0.241 e. The number of benzene rings is 1. The molecule has 1 aromatic carbocycles. The summed E-state index contributed by atoms with van der Waals surface area (Å²) in [4.78, 5) is 7.19. The van der Waals surface area contributed by atoms with Crippen LogP contribution in [0.3, 0.4) is 0 Å². The van der Waals surface area contributed by atoms with E-state index >= 15 is 0 Å². The Morgan fingerprint density at radius 1 is 1.45 bits per heavy atom. The molecule has 6 nitrogen and oxygen atoms in total. The molecule has 0 aliphatic carbocycles. The molecule has 0 saturated carbocycles. The molecular formula is C13H18N4O2S. The smallest absolute Gasteiger partial charge is 0.241 e. The summed E-state index contributed by atoms with van der Waals surface area (Å²) in [6.45, 7) is 3.88. The lowest BCUT2D eigenvalue weighted by Crippen LogP contribution is -2.28. The van der Waals surface area contributed by atoms with Crippen LogP contribution < -0.4 is 10.5 Å². The number of H-pyrrole nitrogens is 1. The van der Waals surface area contributed by atoms with Crippen LogP contribution in [0.1, 0.15) is 29.9 Å². The Kier molecular flexibility index (Phi) is 4.22. The van der Waals surface area contributed by atoms with Gasteiger partial charge in [0.1, 0.15) is 5.82 Å². The SMILES string of the molecule is Cc1cc(CN)ccc1S(=O)(=O)NC(C)c1ncc[nH]1. The van der Waals surface area contributed by atoms with Crippen molar-refractivity contribution in [2.45, 2.75) is 31.3 Å². The first-order chi connectivity index (χ1) is 9.44. The second-order valence-electron chi connectivity index (χ2n) is 4.62. The maximum absolute atomic E-state index is 12.4. The van der Waals surface area contributed by atoms with E-state index in [9.17, 15) is 8.42 Å². The molecule has 20 heavy (non-hydrogen) atoms. The number of hydrogen-bond acceptors (Lipinski definition) is 4. The van der Waals surface area contributed by atoms with Gasteiger partial charge >= 0.3 is 0 Å². The molecule has 1 unspecified atom stereocenters. The van der Waals surface area contributed by atoms with E-state index in [1.165, 1.54) is 0 Å². The predicted molar refractivity (Wildman–Crippen MR) is 76.4 cm³/mol. The zero-order valence-electron chi connectivity index (χ0n) is 11.4. The predicted octanol–water partition coefficient (Wildman–Crippen LogP) is 1.22. The normalized spacial score (nSPS) is 13.3. The van der Waals surface area contributed by atoms with E-state index < -0.39 is 16.1 Å². The van der Waals surface area contributed by atoms with Gasteiger partial charge in [0.05, 0.1) is 10.9 Å². The molecule has 0 aliphatic heterocycles. The molecule has 7 heteroatoms. The van der Waals surface area contributed by atoms with E-state index in [1.54, 1.807) is 44.4 Å². The third-order valence-corrected chi connectivity index (χ3v) is 4.73. The minimum absolute atomic E-state index is 0.258. The number of hydrogen-bond donors (Lipinski definition) is 3. The molecule has 0 spiro atoms. The Balaban J connectivity index is 2.27. The minimum atomic E-state index is -3.59. The molecule has 2 rings (SSSR count). The van der Waals surface area contributed by atoms with Crippen molar-refractivity contribution >= 4 is 10.0 Å². The van der Waals surface area contributed by atoms with Crippen LogP contribution in [0.5, 0.6) is 0 Å². The second kappa shape index (κ2) is 5.74. The molecule has 1 heterocycles. The fraction of sp³-hybridized carbons (Fsp3) is 0.308. The van der Waals surface area contributed by atoms with E-state index in [0.29, 0.717) is 17.9 Å². The number of sulfonamides is 1. The molecule has 108 valence electrons. The van der Waals surface area contributed by atoms with E-state index in [2.05, 4.69) is 14.7 Å². The fourth-order valence-corrected chi connectivity index (χ4v) is 3.44. The first-order valence-electron chi connectivity index (χ1n) is 6.25. The maximum atomic E-state index is 12.4. The van der Waals surface area contributed by atoms with Gasteiger partial charge in [0.25, 0.3) is 0 Å². The fourth-order valence-electron chi connectivity index (χ4n) is 2.01. The van der Waals surface area contributed by atoms with Gasteiger partial charge in [0.15, 0.2) is 0 Å². The summed E-state index contributed by atoms with van der Waals surface area (Å²) >= 11 is 0. The lowest BCUT2D eigenvalue weighted by molar-refractivity contribution is 0.560. The van der Waals surface area contributed by atoms with Crippen molar-refractivity contribution in [1.29, 1.82) is 0 Å². The number of nitrogens with one attached hydrogen (secondary N) is 2. The molecule has 0 fully saturated rings. The summed E-state index contributed by atoms with van der Waals surface area (Å²) in [7, 11) is -3.59. The Hall–Kier alpha value is -1.70. The van der Waals surface area contributed by atoms with E-state index in [0.717, 1.165) is 5.56 Å². The van der Waals surface area contributed by atoms with Crippen LogP contribution in [-0.4, -0.2) is 18.4 Å². The summed E-state index contributed by atoms with van der Waals surface area (Å²) in [5.41, 5.74) is 7.12. The van der Waals surface area contributed by atoms with Crippen molar-refractivity contribution in [3.63, 3.8) is 0 Å². The van der Waals surface area contributed by atoms with Gasteiger partial charge in [-0.25, -0.2) is 18.1 Å². The lowest BCUT2D eigenvalue weighted by atomic mass is 10.1. The number of rotatable bonds is 5. The monoisotopic (exact) mass is 294 g/mol. The third-order valence-electron chi connectivity index (χ3n) is 3.03. The van der Waals surface area contributed by atoms with Crippen molar-refractivity contribution in [3.05, 3.63) is 47.5 Å². The highest BCUT2D eigenvalue weighted by Crippen LogP contribution is 2.19. The topological polar surface area (TPSA) is 101 Å². The van der Waals surface area contributed by atoms with Crippen LogP contribution in [0.25, 0.3) is 0 Å². The molecule has 1 aromatic heterocycles. The van der Waals surface area contributed by atoms with Gasteiger partial charge in [0.2, 0.25) is 10.0 Å². The molecule has 2 aromatic rings. The molecule has 4 N–H and O–H groups in total. The van der Waals surface area contributed by atoms with Gasteiger partial charge in [0, 0.05) is 18.9 Å². The average Bonchev–Trinajstić information content (AvgIpc) is 2.91. The van der Waals surface area contributed by atoms with E-state index in [4.69, 9.17) is 5.73 Å². The van der Waals surface area contributed by atoms with Crippen LogP contribution in [0.2, 0.25) is 0 Å². The van der Waals surface area contributed by atoms with Crippen molar-refractivity contribution in [2.75, 3.05) is 0 Å². The van der Waals surface area contributed by atoms with Crippen LogP contribution in [0.4, 0.5) is 0 Å². The summed E-state index contributed by atoms with van der Waals surface area (Å²) < 4.78 is 27.3. The quantitative estimate of drug-likeness (QED) is 0.771. The average molecular weight is 294 g/mol. The summed E-state index contributed by atoms with van der Waals surface area (Å²) in [5, 5.41) is 0. The van der Waals surface area contributed by atoms with Crippen LogP contribution >= 0.6 is 0 Å². The molecule has 0 saturated heterocycles. The Bertz CT molecular complexity index is 680. The molecule has 1 atom stereocenters. The van der Waals surface area contributed by atoms with Crippen LogP contribution in [0, 0.1) is 6.92 Å². The van der Waals surface area contributed by atoms with Gasteiger partial charge in [-0.15, -0.1) is 0 Å².